The fraction of sp³-hybridized carbons (Fsp3) is 0.600. The molecule has 0 atom stereocenters. The molecule has 1 amide bonds. The molecule has 0 saturated heterocycles. The molecule has 0 aromatic carbocycles. The van der Waals surface area contributed by atoms with Crippen LogP contribution in [0.15, 0.2) is 18.3 Å². The number of pyridine rings is 1. The van der Waals surface area contributed by atoms with E-state index in [0.29, 0.717) is 18.8 Å². The van der Waals surface area contributed by atoms with Crippen molar-refractivity contribution in [3.8, 4) is 0 Å². The van der Waals surface area contributed by atoms with Crippen LogP contribution in [-0.4, -0.2) is 60.5 Å². The van der Waals surface area contributed by atoms with Crippen molar-refractivity contribution < 1.29 is 4.79 Å². The second-order valence-corrected chi connectivity index (χ2v) is 4.73. The van der Waals surface area contributed by atoms with Crippen LogP contribution in [0.25, 0.3) is 0 Å². The van der Waals surface area contributed by atoms with E-state index >= 15 is 0 Å². The lowest BCUT2D eigenvalue weighted by Gasteiger charge is -2.18. The highest BCUT2D eigenvalue weighted by molar-refractivity contribution is 5.93. The maximum absolute atomic E-state index is 12.2. The first kappa shape index (κ1) is 16.4. The summed E-state index contributed by atoms with van der Waals surface area (Å²) < 4.78 is 0. The van der Waals surface area contributed by atoms with Gasteiger partial charge in [-0.05, 0) is 39.6 Å². The summed E-state index contributed by atoms with van der Waals surface area (Å²) in [6.07, 6.45) is 1.68. The lowest BCUT2D eigenvalue weighted by molar-refractivity contribution is 0.0767. The second kappa shape index (κ2) is 8.53. The number of amides is 1. The molecule has 1 rings (SSSR count). The van der Waals surface area contributed by atoms with Crippen LogP contribution in [0.5, 0.6) is 0 Å². The number of carbonyl (C=O) groups excluding carboxylic acids is 1. The maximum Gasteiger partial charge on any atom is 0.272 e. The predicted molar refractivity (Wildman–Crippen MR) is 83.1 cm³/mol. The monoisotopic (exact) mass is 278 g/mol. The first-order valence-electron chi connectivity index (χ1n) is 7.30. The Hall–Kier alpha value is -1.62. The Balaban J connectivity index is 2.63. The average molecular weight is 278 g/mol. The van der Waals surface area contributed by atoms with E-state index in [9.17, 15) is 4.79 Å². The Kier molecular flexibility index (Phi) is 7.01. The third-order valence-electron chi connectivity index (χ3n) is 3.39. The molecule has 0 unspecified atom stereocenters. The zero-order chi connectivity index (χ0) is 15.0. The summed E-state index contributed by atoms with van der Waals surface area (Å²) >= 11 is 0. The first-order valence-corrected chi connectivity index (χ1v) is 7.30. The highest BCUT2D eigenvalue weighted by Gasteiger charge is 2.13. The Morgan fingerprint density at radius 3 is 2.55 bits per heavy atom. The molecule has 1 aromatic rings. The molecule has 5 heteroatoms. The van der Waals surface area contributed by atoms with Gasteiger partial charge in [0, 0.05) is 38.1 Å². The van der Waals surface area contributed by atoms with Gasteiger partial charge in [0.05, 0.1) is 0 Å². The molecular weight excluding hydrogens is 252 g/mol. The fourth-order valence-electron chi connectivity index (χ4n) is 1.88. The van der Waals surface area contributed by atoms with Gasteiger partial charge in [0.2, 0.25) is 0 Å². The molecular formula is C15H26N4O. The SMILES string of the molecule is CCN(C)CCNc1ccnc(C(=O)N(CC)CC)c1. The summed E-state index contributed by atoms with van der Waals surface area (Å²) in [7, 11) is 2.09. The van der Waals surface area contributed by atoms with Crippen molar-refractivity contribution in [3.63, 3.8) is 0 Å². The number of likely N-dealkylation sites (N-methyl/N-ethyl adjacent to an activating group) is 1. The van der Waals surface area contributed by atoms with Gasteiger partial charge < -0.3 is 15.1 Å². The normalized spacial score (nSPS) is 10.7. The van der Waals surface area contributed by atoms with Crippen molar-refractivity contribution >= 4 is 11.6 Å². The number of hydrogen-bond acceptors (Lipinski definition) is 4. The van der Waals surface area contributed by atoms with Crippen LogP contribution in [0, 0.1) is 0 Å². The topological polar surface area (TPSA) is 48.5 Å². The predicted octanol–water partition coefficient (Wildman–Crippen LogP) is 1.93. The molecule has 5 nitrogen and oxygen atoms in total. The molecule has 0 bridgehead atoms. The van der Waals surface area contributed by atoms with Gasteiger partial charge in [-0.25, -0.2) is 0 Å². The molecule has 0 aliphatic carbocycles. The van der Waals surface area contributed by atoms with E-state index < -0.39 is 0 Å². The van der Waals surface area contributed by atoms with Gasteiger partial charge >= 0.3 is 0 Å². The summed E-state index contributed by atoms with van der Waals surface area (Å²) in [4.78, 5) is 20.4. The van der Waals surface area contributed by atoms with Gasteiger partial charge in [0.15, 0.2) is 0 Å². The molecule has 0 radical (unpaired) electrons. The highest BCUT2D eigenvalue weighted by Crippen LogP contribution is 2.10. The lowest BCUT2D eigenvalue weighted by atomic mass is 10.2. The largest absolute Gasteiger partial charge is 0.384 e. The standard InChI is InChI=1S/C15H26N4O/c1-5-18(4)11-10-16-13-8-9-17-14(12-13)15(20)19(6-2)7-3/h8-9,12H,5-7,10-11H2,1-4H3,(H,16,17). The second-order valence-electron chi connectivity index (χ2n) is 4.73. The third kappa shape index (κ3) is 4.81. The number of nitrogens with one attached hydrogen (secondary N) is 1. The first-order chi connectivity index (χ1) is 9.62. The Morgan fingerprint density at radius 2 is 1.95 bits per heavy atom. The zero-order valence-electron chi connectivity index (χ0n) is 13.0. The Labute approximate surface area is 122 Å². The maximum atomic E-state index is 12.2. The third-order valence-corrected chi connectivity index (χ3v) is 3.39. The minimum Gasteiger partial charge on any atom is -0.384 e. The highest BCUT2D eigenvalue weighted by atomic mass is 16.2. The van der Waals surface area contributed by atoms with E-state index in [1.54, 1.807) is 11.1 Å². The molecule has 0 aliphatic rings. The molecule has 0 aliphatic heterocycles. The van der Waals surface area contributed by atoms with Crippen molar-refractivity contribution in [1.29, 1.82) is 0 Å². The van der Waals surface area contributed by atoms with Crippen molar-refractivity contribution in [2.45, 2.75) is 20.8 Å². The van der Waals surface area contributed by atoms with Crippen molar-refractivity contribution in [1.82, 2.24) is 14.8 Å². The van der Waals surface area contributed by atoms with Gasteiger partial charge in [-0.15, -0.1) is 0 Å². The fourth-order valence-corrected chi connectivity index (χ4v) is 1.88. The Morgan fingerprint density at radius 1 is 1.25 bits per heavy atom. The van der Waals surface area contributed by atoms with E-state index in [4.69, 9.17) is 0 Å². The summed E-state index contributed by atoms with van der Waals surface area (Å²) in [6, 6.07) is 3.72. The lowest BCUT2D eigenvalue weighted by Crippen LogP contribution is -2.31. The Bertz CT molecular complexity index is 418. The van der Waals surface area contributed by atoms with E-state index in [1.807, 2.05) is 26.0 Å². The molecule has 0 saturated carbocycles. The molecule has 0 fully saturated rings. The minimum atomic E-state index is -0.00988. The van der Waals surface area contributed by atoms with Gasteiger partial charge in [-0.3, -0.25) is 9.78 Å². The van der Waals surface area contributed by atoms with Crippen molar-refractivity contribution in [3.05, 3.63) is 24.0 Å². The van der Waals surface area contributed by atoms with E-state index in [-0.39, 0.29) is 5.91 Å². The summed E-state index contributed by atoms with van der Waals surface area (Å²) in [6.45, 7) is 10.3. The summed E-state index contributed by atoms with van der Waals surface area (Å²) in [5.41, 5.74) is 1.45. The molecule has 112 valence electrons. The van der Waals surface area contributed by atoms with Crippen LogP contribution in [0.3, 0.4) is 0 Å². The smallest absolute Gasteiger partial charge is 0.272 e. The number of hydrogen-bond donors (Lipinski definition) is 1. The van der Waals surface area contributed by atoms with E-state index in [2.05, 4.69) is 29.2 Å². The van der Waals surface area contributed by atoms with Crippen molar-refractivity contribution in [2.75, 3.05) is 45.1 Å². The minimum absolute atomic E-state index is 0.00988. The van der Waals surface area contributed by atoms with Crippen LogP contribution in [0.4, 0.5) is 5.69 Å². The molecule has 1 heterocycles. The van der Waals surface area contributed by atoms with Gasteiger partial charge in [-0.2, -0.15) is 0 Å². The quantitative estimate of drug-likeness (QED) is 0.789. The van der Waals surface area contributed by atoms with Crippen LogP contribution in [-0.2, 0) is 0 Å². The zero-order valence-corrected chi connectivity index (χ0v) is 13.0. The van der Waals surface area contributed by atoms with E-state index in [1.165, 1.54) is 0 Å². The van der Waals surface area contributed by atoms with Gasteiger partial charge in [-0.1, -0.05) is 6.92 Å². The molecule has 1 N–H and O–H groups in total. The van der Waals surface area contributed by atoms with Gasteiger partial charge in [0.25, 0.3) is 5.91 Å². The molecule has 1 aromatic heterocycles. The van der Waals surface area contributed by atoms with Crippen LogP contribution < -0.4 is 5.32 Å². The number of carbonyl (C=O) groups is 1. The number of aromatic nitrogens is 1. The summed E-state index contributed by atoms with van der Waals surface area (Å²) in [5.74, 6) is -0.00988. The van der Waals surface area contributed by atoms with E-state index in [0.717, 1.165) is 25.3 Å². The molecule has 20 heavy (non-hydrogen) atoms. The number of anilines is 1. The summed E-state index contributed by atoms with van der Waals surface area (Å²) in [5, 5.41) is 3.33. The van der Waals surface area contributed by atoms with Crippen LogP contribution >= 0.6 is 0 Å². The van der Waals surface area contributed by atoms with Crippen molar-refractivity contribution in [2.24, 2.45) is 0 Å². The average Bonchev–Trinajstić information content (AvgIpc) is 2.48. The number of rotatable bonds is 8. The van der Waals surface area contributed by atoms with Crippen LogP contribution in [0.1, 0.15) is 31.3 Å². The molecule has 0 spiro atoms. The number of nitrogens with zero attached hydrogens (tertiary/aromatic N) is 3. The van der Waals surface area contributed by atoms with Gasteiger partial charge in [0.1, 0.15) is 5.69 Å². The van der Waals surface area contributed by atoms with Crippen LogP contribution in [0.2, 0.25) is 0 Å².